The van der Waals surface area contributed by atoms with E-state index in [9.17, 15) is 9.18 Å². The monoisotopic (exact) mass is 304 g/mol. The van der Waals surface area contributed by atoms with E-state index < -0.39 is 5.82 Å². The molecular weight excluding hydrogens is 291 g/mol. The number of halogens is 2. The molecule has 1 fully saturated rings. The number of amides is 1. The summed E-state index contributed by atoms with van der Waals surface area (Å²) in [6, 6.07) is 7.86. The fourth-order valence-electron chi connectivity index (χ4n) is 2.54. The maximum atomic E-state index is 13.3. The number of likely N-dealkylation sites (tertiary alicyclic amines) is 1. The molecule has 0 aliphatic carbocycles. The van der Waals surface area contributed by atoms with Crippen LogP contribution < -0.4 is 0 Å². The highest BCUT2D eigenvalue weighted by molar-refractivity contribution is 6.31. The van der Waals surface area contributed by atoms with Crippen molar-refractivity contribution in [3.63, 3.8) is 0 Å². The Morgan fingerprint density at radius 1 is 1.24 bits per heavy atom. The minimum atomic E-state index is -0.483. The van der Waals surface area contributed by atoms with Gasteiger partial charge < -0.3 is 4.90 Å². The van der Waals surface area contributed by atoms with Crippen molar-refractivity contribution in [1.29, 1.82) is 0 Å². The number of hydrogen-bond donors (Lipinski definition) is 0. The van der Waals surface area contributed by atoms with Crippen molar-refractivity contribution in [2.45, 2.75) is 12.8 Å². The number of pyridine rings is 1. The molecule has 0 bridgehead atoms. The van der Waals surface area contributed by atoms with Crippen LogP contribution in [0.3, 0.4) is 0 Å². The number of nitrogens with zero attached hydrogens (tertiary/aromatic N) is 2. The number of aromatic nitrogens is 1. The second-order valence-corrected chi connectivity index (χ2v) is 5.43. The van der Waals surface area contributed by atoms with Crippen LogP contribution in [0.5, 0.6) is 0 Å². The van der Waals surface area contributed by atoms with E-state index >= 15 is 0 Å². The van der Waals surface area contributed by atoms with Crippen LogP contribution in [0.15, 0.2) is 36.5 Å². The van der Waals surface area contributed by atoms with Crippen molar-refractivity contribution >= 4 is 17.5 Å². The van der Waals surface area contributed by atoms with E-state index in [1.807, 2.05) is 4.90 Å². The summed E-state index contributed by atoms with van der Waals surface area (Å²) in [5.41, 5.74) is 1.71. The first-order chi connectivity index (χ1) is 10.2. The van der Waals surface area contributed by atoms with Crippen molar-refractivity contribution in [3.8, 4) is 11.3 Å². The van der Waals surface area contributed by atoms with Crippen LogP contribution in [-0.2, 0) is 0 Å². The van der Waals surface area contributed by atoms with Gasteiger partial charge in [-0.2, -0.15) is 0 Å². The molecule has 2 aromatic rings. The number of benzene rings is 1. The molecule has 1 aromatic heterocycles. The predicted octanol–water partition coefficient (Wildman–Crippen LogP) is 3.78. The fourth-order valence-corrected chi connectivity index (χ4v) is 2.72. The molecule has 1 amide bonds. The molecule has 0 saturated carbocycles. The van der Waals surface area contributed by atoms with Gasteiger partial charge in [-0.25, -0.2) is 4.39 Å². The van der Waals surface area contributed by atoms with Crippen LogP contribution in [0.2, 0.25) is 5.02 Å². The van der Waals surface area contributed by atoms with Gasteiger partial charge in [0.25, 0.3) is 5.91 Å². The molecule has 0 unspecified atom stereocenters. The van der Waals surface area contributed by atoms with Crippen molar-refractivity contribution in [2.24, 2.45) is 0 Å². The van der Waals surface area contributed by atoms with Crippen molar-refractivity contribution in [1.82, 2.24) is 9.88 Å². The summed E-state index contributed by atoms with van der Waals surface area (Å²) < 4.78 is 13.3. The minimum absolute atomic E-state index is 0.0257. The Kier molecular flexibility index (Phi) is 3.88. The molecule has 0 spiro atoms. The molecule has 0 radical (unpaired) electrons. The smallest absolute Gasteiger partial charge is 0.256 e. The van der Waals surface area contributed by atoms with E-state index in [0.29, 0.717) is 16.8 Å². The molecule has 108 valence electrons. The lowest BCUT2D eigenvalue weighted by molar-refractivity contribution is 0.0793. The molecule has 3 nitrogen and oxygen atoms in total. The van der Waals surface area contributed by atoms with E-state index in [2.05, 4.69) is 4.98 Å². The second kappa shape index (κ2) is 5.82. The summed E-state index contributed by atoms with van der Waals surface area (Å²) >= 11 is 5.82. The molecule has 2 heterocycles. The van der Waals surface area contributed by atoms with Gasteiger partial charge in [0.05, 0.1) is 16.3 Å². The Bertz CT molecular complexity index is 684. The number of rotatable bonds is 2. The Hall–Kier alpha value is -1.94. The molecular formula is C16H14ClFN2O. The standard InChI is InChI=1S/C16H14ClFN2O/c17-13-10-11(5-6-14(13)18)15-12(4-3-7-19-15)16(21)20-8-1-2-9-20/h3-7,10H,1-2,8-9H2. The lowest BCUT2D eigenvalue weighted by Crippen LogP contribution is -2.28. The summed E-state index contributed by atoms with van der Waals surface area (Å²) in [4.78, 5) is 18.7. The van der Waals surface area contributed by atoms with Crippen LogP contribution in [0.25, 0.3) is 11.3 Å². The summed E-state index contributed by atoms with van der Waals surface area (Å²) in [5.74, 6) is -0.514. The molecule has 1 saturated heterocycles. The summed E-state index contributed by atoms with van der Waals surface area (Å²) in [5, 5.41) is 0.0257. The van der Waals surface area contributed by atoms with Gasteiger partial charge in [0.15, 0.2) is 0 Å². The number of carbonyl (C=O) groups is 1. The SMILES string of the molecule is O=C(c1cccnc1-c1ccc(F)c(Cl)c1)N1CCCC1. The van der Waals surface area contributed by atoms with Gasteiger partial charge in [0, 0.05) is 24.8 Å². The maximum Gasteiger partial charge on any atom is 0.256 e. The van der Waals surface area contributed by atoms with E-state index in [-0.39, 0.29) is 10.9 Å². The van der Waals surface area contributed by atoms with Gasteiger partial charge in [0.1, 0.15) is 5.82 Å². The lowest BCUT2D eigenvalue weighted by atomic mass is 10.0. The molecule has 21 heavy (non-hydrogen) atoms. The third-order valence-electron chi connectivity index (χ3n) is 3.62. The first kappa shape index (κ1) is 14.0. The number of carbonyl (C=O) groups excluding carboxylic acids is 1. The third-order valence-corrected chi connectivity index (χ3v) is 3.91. The van der Waals surface area contributed by atoms with Crippen LogP contribution in [0, 0.1) is 5.82 Å². The Morgan fingerprint density at radius 2 is 2.00 bits per heavy atom. The lowest BCUT2D eigenvalue weighted by Gasteiger charge is -2.17. The Balaban J connectivity index is 2.02. The summed E-state index contributed by atoms with van der Waals surface area (Å²) in [6.07, 6.45) is 3.68. The fraction of sp³-hybridized carbons (Fsp3) is 0.250. The van der Waals surface area contributed by atoms with E-state index in [1.54, 1.807) is 24.4 Å². The van der Waals surface area contributed by atoms with E-state index in [0.717, 1.165) is 25.9 Å². The largest absolute Gasteiger partial charge is 0.339 e. The van der Waals surface area contributed by atoms with Gasteiger partial charge in [-0.3, -0.25) is 9.78 Å². The zero-order valence-corrected chi connectivity index (χ0v) is 12.1. The highest BCUT2D eigenvalue weighted by Gasteiger charge is 2.23. The van der Waals surface area contributed by atoms with Crippen molar-refractivity contribution < 1.29 is 9.18 Å². The first-order valence-electron chi connectivity index (χ1n) is 6.86. The normalized spacial score (nSPS) is 14.5. The Morgan fingerprint density at radius 3 is 2.71 bits per heavy atom. The quantitative estimate of drug-likeness (QED) is 0.846. The third kappa shape index (κ3) is 2.76. The minimum Gasteiger partial charge on any atom is -0.339 e. The molecule has 1 aliphatic rings. The van der Waals surface area contributed by atoms with Gasteiger partial charge in [0.2, 0.25) is 0 Å². The van der Waals surface area contributed by atoms with Crippen LogP contribution in [0.1, 0.15) is 23.2 Å². The van der Waals surface area contributed by atoms with Gasteiger partial charge in [-0.1, -0.05) is 11.6 Å². The van der Waals surface area contributed by atoms with Gasteiger partial charge in [-0.05, 0) is 43.2 Å². The van der Waals surface area contributed by atoms with Crippen LogP contribution >= 0.6 is 11.6 Å². The molecule has 1 aromatic carbocycles. The van der Waals surface area contributed by atoms with E-state index in [4.69, 9.17) is 11.6 Å². The average molecular weight is 305 g/mol. The molecule has 5 heteroatoms. The summed E-state index contributed by atoms with van der Waals surface area (Å²) in [7, 11) is 0. The molecule has 1 aliphatic heterocycles. The maximum absolute atomic E-state index is 13.3. The van der Waals surface area contributed by atoms with Crippen LogP contribution in [0.4, 0.5) is 4.39 Å². The Labute approximate surface area is 127 Å². The predicted molar refractivity (Wildman–Crippen MR) is 79.8 cm³/mol. The zero-order valence-electron chi connectivity index (χ0n) is 11.4. The highest BCUT2D eigenvalue weighted by atomic mass is 35.5. The van der Waals surface area contributed by atoms with Crippen molar-refractivity contribution in [3.05, 3.63) is 52.9 Å². The van der Waals surface area contributed by atoms with Gasteiger partial charge in [-0.15, -0.1) is 0 Å². The first-order valence-corrected chi connectivity index (χ1v) is 7.24. The average Bonchev–Trinajstić information content (AvgIpc) is 3.04. The van der Waals surface area contributed by atoms with E-state index in [1.165, 1.54) is 12.1 Å². The summed E-state index contributed by atoms with van der Waals surface area (Å²) in [6.45, 7) is 1.55. The zero-order chi connectivity index (χ0) is 14.8. The topological polar surface area (TPSA) is 33.2 Å². The molecule has 3 rings (SSSR count). The van der Waals surface area contributed by atoms with Crippen LogP contribution in [-0.4, -0.2) is 28.9 Å². The van der Waals surface area contributed by atoms with Crippen molar-refractivity contribution in [2.75, 3.05) is 13.1 Å². The molecule has 0 atom stereocenters. The molecule has 0 N–H and O–H groups in total. The highest BCUT2D eigenvalue weighted by Crippen LogP contribution is 2.27. The second-order valence-electron chi connectivity index (χ2n) is 5.03. The number of hydrogen-bond acceptors (Lipinski definition) is 2. The van der Waals surface area contributed by atoms with Gasteiger partial charge >= 0.3 is 0 Å².